The summed E-state index contributed by atoms with van der Waals surface area (Å²) in [6.07, 6.45) is 5.04. The Bertz CT molecular complexity index is 352. The first-order valence-corrected chi connectivity index (χ1v) is 7.88. The van der Waals surface area contributed by atoms with Crippen molar-refractivity contribution in [1.29, 1.82) is 0 Å². The number of hydrogen-bond donors (Lipinski definition) is 1. The fraction of sp³-hybridized carbons (Fsp3) is 0.647. The molecule has 0 unspecified atom stereocenters. The predicted molar refractivity (Wildman–Crippen MR) is 82.5 cm³/mol. The van der Waals surface area contributed by atoms with Crippen molar-refractivity contribution in [2.24, 2.45) is 0 Å². The highest BCUT2D eigenvalue weighted by molar-refractivity contribution is 5.25. The Kier molecular flexibility index (Phi) is 5.87. The molecule has 1 aliphatic rings. The maximum absolute atomic E-state index is 3.45. The number of rotatable bonds is 6. The topological polar surface area (TPSA) is 15.3 Å². The number of nitrogens with zero attached hydrogens (tertiary/aromatic N) is 1. The van der Waals surface area contributed by atoms with Crippen LogP contribution in [-0.2, 0) is 6.42 Å². The van der Waals surface area contributed by atoms with Crippen molar-refractivity contribution >= 4 is 0 Å². The van der Waals surface area contributed by atoms with Crippen molar-refractivity contribution < 1.29 is 0 Å². The minimum atomic E-state index is 0.618. The van der Waals surface area contributed by atoms with Crippen LogP contribution in [0.25, 0.3) is 0 Å². The Morgan fingerprint density at radius 1 is 1.11 bits per heavy atom. The molecule has 1 aliphatic heterocycles. The summed E-state index contributed by atoms with van der Waals surface area (Å²) in [5, 5.41) is 3.45. The third kappa shape index (κ3) is 4.05. The lowest BCUT2D eigenvalue weighted by Gasteiger charge is -2.35. The summed E-state index contributed by atoms with van der Waals surface area (Å²) in [5.74, 6) is 0. The average molecular weight is 260 g/mol. The van der Waals surface area contributed by atoms with Crippen LogP contribution in [0, 0.1) is 0 Å². The Morgan fingerprint density at radius 3 is 2.37 bits per heavy atom. The molecule has 0 amide bonds. The van der Waals surface area contributed by atoms with Gasteiger partial charge in [-0.2, -0.15) is 0 Å². The van der Waals surface area contributed by atoms with Crippen molar-refractivity contribution in [3.8, 4) is 0 Å². The van der Waals surface area contributed by atoms with Crippen LogP contribution in [0.1, 0.15) is 50.3 Å². The average Bonchev–Trinajstić information content (AvgIpc) is 2.49. The summed E-state index contributed by atoms with van der Waals surface area (Å²) in [5.41, 5.74) is 2.95. The molecular formula is C17H28N2. The number of piperazine rings is 1. The van der Waals surface area contributed by atoms with E-state index in [0.29, 0.717) is 6.04 Å². The van der Waals surface area contributed by atoms with E-state index in [1.54, 1.807) is 0 Å². The van der Waals surface area contributed by atoms with Crippen LogP contribution >= 0.6 is 0 Å². The number of hydrogen-bond acceptors (Lipinski definition) is 2. The van der Waals surface area contributed by atoms with E-state index in [1.165, 1.54) is 43.5 Å². The van der Waals surface area contributed by atoms with Gasteiger partial charge in [-0.25, -0.2) is 0 Å². The number of aryl methyl sites for hydroxylation is 1. The molecule has 2 nitrogen and oxygen atoms in total. The molecule has 1 N–H and O–H groups in total. The molecule has 1 fully saturated rings. The minimum absolute atomic E-state index is 0.618. The highest BCUT2D eigenvalue weighted by Crippen LogP contribution is 2.27. The van der Waals surface area contributed by atoms with Crippen LogP contribution in [0.4, 0.5) is 0 Å². The van der Waals surface area contributed by atoms with Gasteiger partial charge in [-0.3, -0.25) is 4.90 Å². The molecule has 0 bridgehead atoms. The van der Waals surface area contributed by atoms with Gasteiger partial charge >= 0.3 is 0 Å². The molecule has 1 aromatic rings. The van der Waals surface area contributed by atoms with Crippen LogP contribution < -0.4 is 5.32 Å². The van der Waals surface area contributed by atoms with E-state index in [2.05, 4.69) is 48.3 Å². The Balaban J connectivity index is 2.10. The standard InChI is InChI=1S/C17H28N2/c1-3-5-6-17(19-13-11-18-12-14-19)16-9-7-15(4-2)8-10-16/h7-10,17-18H,3-6,11-14H2,1-2H3/t17-/m1/s1. The molecule has 1 aromatic carbocycles. The quantitative estimate of drug-likeness (QED) is 0.843. The molecule has 19 heavy (non-hydrogen) atoms. The minimum Gasteiger partial charge on any atom is -0.314 e. The molecule has 0 spiro atoms. The van der Waals surface area contributed by atoms with Gasteiger partial charge in [0.25, 0.3) is 0 Å². The number of benzene rings is 1. The second kappa shape index (κ2) is 7.66. The van der Waals surface area contributed by atoms with Crippen molar-refractivity contribution in [2.75, 3.05) is 26.2 Å². The highest BCUT2D eigenvalue weighted by Gasteiger charge is 2.21. The van der Waals surface area contributed by atoms with Crippen LogP contribution in [0.3, 0.4) is 0 Å². The van der Waals surface area contributed by atoms with Gasteiger partial charge in [0.1, 0.15) is 0 Å². The largest absolute Gasteiger partial charge is 0.314 e. The molecule has 1 heterocycles. The summed E-state index contributed by atoms with van der Waals surface area (Å²) in [6.45, 7) is 9.15. The van der Waals surface area contributed by atoms with Crippen LogP contribution in [0.5, 0.6) is 0 Å². The first kappa shape index (κ1) is 14.5. The maximum atomic E-state index is 3.45. The van der Waals surface area contributed by atoms with Gasteiger partial charge in [-0.05, 0) is 24.0 Å². The summed E-state index contributed by atoms with van der Waals surface area (Å²) >= 11 is 0. The lowest BCUT2D eigenvalue weighted by Crippen LogP contribution is -2.45. The molecule has 0 radical (unpaired) electrons. The molecule has 0 aliphatic carbocycles. The number of unbranched alkanes of at least 4 members (excludes halogenated alkanes) is 1. The first-order valence-electron chi connectivity index (χ1n) is 7.88. The predicted octanol–water partition coefficient (Wildman–Crippen LogP) is 3.39. The zero-order chi connectivity index (χ0) is 13.5. The monoisotopic (exact) mass is 260 g/mol. The van der Waals surface area contributed by atoms with Crippen molar-refractivity contribution in [2.45, 2.75) is 45.6 Å². The van der Waals surface area contributed by atoms with Crippen molar-refractivity contribution in [3.63, 3.8) is 0 Å². The molecule has 106 valence electrons. The normalized spacial score (nSPS) is 18.4. The summed E-state index contributed by atoms with van der Waals surface area (Å²) in [4.78, 5) is 2.66. The number of nitrogens with one attached hydrogen (secondary N) is 1. The lowest BCUT2D eigenvalue weighted by atomic mass is 9.97. The van der Waals surface area contributed by atoms with Gasteiger partial charge in [-0.1, -0.05) is 51.0 Å². The lowest BCUT2D eigenvalue weighted by molar-refractivity contribution is 0.163. The van der Waals surface area contributed by atoms with Gasteiger partial charge in [0.2, 0.25) is 0 Å². The SMILES string of the molecule is CCCC[C@H](c1ccc(CC)cc1)N1CCNCC1. The second-order valence-corrected chi connectivity index (χ2v) is 5.54. The zero-order valence-corrected chi connectivity index (χ0v) is 12.5. The summed E-state index contributed by atoms with van der Waals surface area (Å²) < 4.78 is 0. The van der Waals surface area contributed by atoms with Gasteiger partial charge < -0.3 is 5.32 Å². The van der Waals surface area contributed by atoms with E-state index in [9.17, 15) is 0 Å². The molecule has 2 rings (SSSR count). The van der Waals surface area contributed by atoms with Gasteiger partial charge in [0.15, 0.2) is 0 Å². The Morgan fingerprint density at radius 2 is 1.79 bits per heavy atom. The van der Waals surface area contributed by atoms with E-state index in [1.807, 2.05) is 0 Å². The van der Waals surface area contributed by atoms with Crippen molar-refractivity contribution in [3.05, 3.63) is 35.4 Å². The first-order chi connectivity index (χ1) is 9.35. The molecule has 0 aromatic heterocycles. The second-order valence-electron chi connectivity index (χ2n) is 5.54. The molecule has 1 saturated heterocycles. The highest BCUT2D eigenvalue weighted by atomic mass is 15.2. The van der Waals surface area contributed by atoms with E-state index in [0.717, 1.165) is 19.5 Å². The van der Waals surface area contributed by atoms with Crippen molar-refractivity contribution in [1.82, 2.24) is 10.2 Å². The van der Waals surface area contributed by atoms with Crippen LogP contribution in [0.15, 0.2) is 24.3 Å². The molecular weight excluding hydrogens is 232 g/mol. The van der Waals surface area contributed by atoms with E-state index >= 15 is 0 Å². The maximum Gasteiger partial charge on any atom is 0.0349 e. The third-order valence-electron chi connectivity index (χ3n) is 4.20. The third-order valence-corrected chi connectivity index (χ3v) is 4.20. The zero-order valence-electron chi connectivity index (χ0n) is 12.5. The molecule has 2 heteroatoms. The Hall–Kier alpha value is -0.860. The molecule has 0 saturated carbocycles. The van der Waals surface area contributed by atoms with Gasteiger partial charge in [0, 0.05) is 32.2 Å². The summed E-state index contributed by atoms with van der Waals surface area (Å²) in [7, 11) is 0. The fourth-order valence-electron chi connectivity index (χ4n) is 2.93. The van der Waals surface area contributed by atoms with Gasteiger partial charge in [-0.15, -0.1) is 0 Å². The van der Waals surface area contributed by atoms with Crippen LogP contribution in [-0.4, -0.2) is 31.1 Å². The molecule has 1 atom stereocenters. The van der Waals surface area contributed by atoms with Crippen LogP contribution in [0.2, 0.25) is 0 Å². The van der Waals surface area contributed by atoms with E-state index < -0.39 is 0 Å². The van der Waals surface area contributed by atoms with Gasteiger partial charge in [0.05, 0.1) is 0 Å². The van der Waals surface area contributed by atoms with E-state index in [4.69, 9.17) is 0 Å². The van der Waals surface area contributed by atoms with E-state index in [-0.39, 0.29) is 0 Å². The summed E-state index contributed by atoms with van der Waals surface area (Å²) in [6, 6.07) is 9.92. The fourth-order valence-corrected chi connectivity index (χ4v) is 2.93. The Labute approximate surface area is 118 Å². The smallest absolute Gasteiger partial charge is 0.0349 e.